The van der Waals surface area contributed by atoms with Crippen LogP contribution in [0.25, 0.3) is 6.08 Å². The highest BCUT2D eigenvalue weighted by Gasteiger charge is 2.35. The zero-order valence-corrected chi connectivity index (χ0v) is 22.3. The Bertz CT molecular complexity index is 1440. The number of amides is 2. The summed E-state index contributed by atoms with van der Waals surface area (Å²) in [5.41, 5.74) is 2.02. The van der Waals surface area contributed by atoms with Crippen molar-refractivity contribution < 1.29 is 28.5 Å². The molecule has 3 aromatic carbocycles. The van der Waals surface area contributed by atoms with Gasteiger partial charge >= 0.3 is 0 Å². The number of hydrogen-bond donors (Lipinski definition) is 0. The maximum atomic E-state index is 13.0. The van der Waals surface area contributed by atoms with Crippen molar-refractivity contribution in [2.24, 2.45) is 0 Å². The predicted molar refractivity (Wildman–Crippen MR) is 143 cm³/mol. The molecule has 2 heterocycles. The Hall–Kier alpha value is -3.04. The Morgan fingerprint density at radius 1 is 0.946 bits per heavy atom. The highest BCUT2D eigenvalue weighted by Crippen LogP contribution is 2.40. The van der Waals surface area contributed by atoms with E-state index in [-0.39, 0.29) is 24.8 Å². The molecule has 3 aromatic rings. The summed E-state index contributed by atoms with van der Waals surface area (Å²) < 4.78 is 22.0. The summed E-state index contributed by atoms with van der Waals surface area (Å²) >= 11 is 19.4. The monoisotopic (exact) mass is 577 g/mol. The number of hydrogen-bond acceptors (Lipinski definition) is 7. The van der Waals surface area contributed by atoms with E-state index in [0.29, 0.717) is 49.2 Å². The summed E-state index contributed by atoms with van der Waals surface area (Å²) in [4.78, 5) is 27.1. The lowest BCUT2D eigenvalue weighted by molar-refractivity contribution is -0.123. The van der Waals surface area contributed by atoms with Gasteiger partial charge in [0.2, 0.25) is 6.79 Å². The molecule has 0 spiro atoms. The average molecular weight is 579 g/mol. The maximum absolute atomic E-state index is 13.0. The number of thioether (sulfide) groups is 1. The van der Waals surface area contributed by atoms with Gasteiger partial charge in [-0.2, -0.15) is 0 Å². The van der Waals surface area contributed by atoms with Crippen LogP contribution in [0.2, 0.25) is 15.1 Å². The molecular weight excluding hydrogens is 561 g/mol. The fraction of sp³-hybridized carbons (Fsp3) is 0.154. The van der Waals surface area contributed by atoms with Gasteiger partial charge in [0, 0.05) is 26.7 Å². The van der Waals surface area contributed by atoms with Crippen LogP contribution in [0.15, 0.2) is 53.4 Å². The number of carbonyl (C=O) groups excluding carboxylic acids is 2. The second-order valence-corrected chi connectivity index (χ2v) is 10.2. The van der Waals surface area contributed by atoms with Gasteiger partial charge in [-0.1, -0.05) is 46.9 Å². The van der Waals surface area contributed by atoms with E-state index in [0.717, 1.165) is 22.2 Å². The molecular formula is C26H18Cl3NO6S. The van der Waals surface area contributed by atoms with Crippen LogP contribution in [-0.2, 0) is 17.9 Å². The lowest BCUT2D eigenvalue weighted by Crippen LogP contribution is -2.27. The summed E-state index contributed by atoms with van der Waals surface area (Å²) in [6.07, 6.45) is 1.63. The van der Waals surface area contributed by atoms with Crippen LogP contribution < -0.4 is 18.9 Å². The van der Waals surface area contributed by atoms with Crippen molar-refractivity contribution >= 4 is 63.8 Å². The van der Waals surface area contributed by atoms with Crippen molar-refractivity contribution in [1.82, 2.24) is 4.90 Å². The smallest absolute Gasteiger partial charge is 0.293 e. The summed E-state index contributed by atoms with van der Waals surface area (Å²) in [5, 5.41) is 1.03. The molecule has 11 heteroatoms. The normalized spacial score (nSPS) is 15.6. The second-order valence-electron chi connectivity index (χ2n) is 8.00. The molecule has 0 N–H and O–H groups in total. The number of carbonyl (C=O) groups is 2. The summed E-state index contributed by atoms with van der Waals surface area (Å²) in [7, 11) is 1.52. The molecule has 1 saturated heterocycles. The zero-order chi connectivity index (χ0) is 26.1. The summed E-state index contributed by atoms with van der Waals surface area (Å²) in [6, 6.07) is 13.7. The molecule has 1 fully saturated rings. The number of ether oxygens (including phenoxy) is 4. The topological polar surface area (TPSA) is 74.3 Å². The van der Waals surface area contributed by atoms with E-state index in [4.69, 9.17) is 53.8 Å². The number of imide groups is 1. The molecule has 0 unspecified atom stereocenters. The minimum absolute atomic E-state index is 0.0147. The fourth-order valence-electron chi connectivity index (χ4n) is 3.73. The molecule has 0 radical (unpaired) electrons. The molecule has 37 heavy (non-hydrogen) atoms. The lowest BCUT2D eigenvalue weighted by Gasteiger charge is -2.14. The van der Waals surface area contributed by atoms with Crippen molar-refractivity contribution in [2.45, 2.75) is 13.2 Å². The molecule has 0 atom stereocenters. The van der Waals surface area contributed by atoms with E-state index >= 15 is 0 Å². The average Bonchev–Trinajstić information content (AvgIpc) is 3.43. The van der Waals surface area contributed by atoms with Gasteiger partial charge in [0.15, 0.2) is 23.0 Å². The molecule has 0 bridgehead atoms. The van der Waals surface area contributed by atoms with Crippen LogP contribution in [0.3, 0.4) is 0 Å². The first-order valence-corrected chi connectivity index (χ1v) is 12.9. The molecule has 190 valence electrons. The first-order chi connectivity index (χ1) is 17.8. The van der Waals surface area contributed by atoms with Gasteiger partial charge < -0.3 is 18.9 Å². The SMILES string of the molecule is COc1cc(C=C2SC(=O)N(Cc3cc4c(cc3Cl)OCO4)C2=O)ccc1OCc1ccc(Cl)cc1Cl. The van der Waals surface area contributed by atoms with Gasteiger partial charge in [-0.05, 0) is 59.3 Å². The number of halogens is 3. The summed E-state index contributed by atoms with van der Waals surface area (Å²) in [6.45, 7) is 0.329. The number of rotatable bonds is 7. The maximum Gasteiger partial charge on any atom is 0.293 e. The first-order valence-electron chi connectivity index (χ1n) is 10.9. The largest absolute Gasteiger partial charge is 0.493 e. The van der Waals surface area contributed by atoms with Crippen LogP contribution >= 0.6 is 46.6 Å². The Morgan fingerprint density at radius 3 is 2.46 bits per heavy atom. The molecule has 0 aliphatic carbocycles. The van der Waals surface area contributed by atoms with Crippen molar-refractivity contribution in [2.75, 3.05) is 13.9 Å². The minimum atomic E-state index is -0.416. The Labute approximate surface area is 231 Å². The lowest BCUT2D eigenvalue weighted by atomic mass is 10.1. The Kier molecular flexibility index (Phi) is 7.44. The first kappa shape index (κ1) is 25.6. The van der Waals surface area contributed by atoms with Crippen LogP contribution in [0.1, 0.15) is 16.7 Å². The van der Waals surface area contributed by atoms with Gasteiger partial charge in [0.25, 0.3) is 11.1 Å². The van der Waals surface area contributed by atoms with Crippen LogP contribution in [0.5, 0.6) is 23.0 Å². The van der Waals surface area contributed by atoms with E-state index in [1.807, 2.05) is 0 Å². The van der Waals surface area contributed by atoms with E-state index in [1.54, 1.807) is 54.6 Å². The summed E-state index contributed by atoms with van der Waals surface area (Å²) in [5.74, 6) is 1.59. The molecule has 2 amide bonds. The minimum Gasteiger partial charge on any atom is -0.493 e. The van der Waals surface area contributed by atoms with Crippen molar-refractivity contribution in [3.05, 3.63) is 85.2 Å². The molecule has 5 rings (SSSR count). The fourth-order valence-corrected chi connectivity index (χ4v) is 5.24. The van der Waals surface area contributed by atoms with Crippen molar-refractivity contribution in [3.8, 4) is 23.0 Å². The second kappa shape index (κ2) is 10.8. The number of nitrogens with zero attached hydrogens (tertiary/aromatic N) is 1. The van der Waals surface area contributed by atoms with Crippen LogP contribution in [-0.4, -0.2) is 29.9 Å². The van der Waals surface area contributed by atoms with Crippen molar-refractivity contribution in [1.29, 1.82) is 0 Å². The zero-order valence-electron chi connectivity index (χ0n) is 19.3. The molecule has 0 aromatic heterocycles. The molecule has 7 nitrogen and oxygen atoms in total. The van der Waals surface area contributed by atoms with E-state index in [9.17, 15) is 9.59 Å². The Morgan fingerprint density at radius 2 is 1.70 bits per heavy atom. The van der Waals surface area contributed by atoms with Crippen LogP contribution in [0, 0.1) is 0 Å². The standard InChI is InChI=1S/C26H18Cl3NO6S/c1-33-21-6-14(2-5-20(21)34-12-15-3-4-17(27)9-18(15)28)7-24-25(31)30(26(32)37-24)11-16-8-22-23(10-19(16)29)36-13-35-22/h2-10H,11-13H2,1H3. The van der Waals surface area contributed by atoms with E-state index in [2.05, 4.69) is 0 Å². The number of methoxy groups -OCH3 is 1. The van der Waals surface area contributed by atoms with Gasteiger partial charge in [-0.15, -0.1) is 0 Å². The number of fused-ring (bicyclic) bond motifs is 1. The molecule has 2 aliphatic heterocycles. The van der Waals surface area contributed by atoms with Crippen molar-refractivity contribution in [3.63, 3.8) is 0 Å². The molecule has 2 aliphatic rings. The third-order valence-corrected chi connectivity index (χ3v) is 7.47. The highest BCUT2D eigenvalue weighted by molar-refractivity contribution is 8.18. The van der Waals surface area contributed by atoms with E-state index in [1.165, 1.54) is 7.11 Å². The third-order valence-electron chi connectivity index (χ3n) is 5.63. The Balaban J connectivity index is 1.31. The van der Waals surface area contributed by atoms with E-state index < -0.39 is 11.1 Å². The quantitative estimate of drug-likeness (QED) is 0.275. The number of benzene rings is 3. The van der Waals surface area contributed by atoms with Gasteiger partial charge in [0.05, 0.1) is 18.6 Å². The van der Waals surface area contributed by atoms with Gasteiger partial charge in [0.1, 0.15) is 6.61 Å². The third kappa shape index (κ3) is 5.48. The van der Waals surface area contributed by atoms with Gasteiger partial charge in [-0.25, -0.2) is 0 Å². The van der Waals surface area contributed by atoms with Crippen LogP contribution in [0.4, 0.5) is 4.79 Å². The highest BCUT2D eigenvalue weighted by atomic mass is 35.5. The van der Waals surface area contributed by atoms with Gasteiger partial charge in [-0.3, -0.25) is 14.5 Å². The molecule has 0 saturated carbocycles. The predicted octanol–water partition coefficient (Wildman–Crippen LogP) is 7.20.